The van der Waals surface area contributed by atoms with Crippen molar-refractivity contribution >= 4 is 22.9 Å². The van der Waals surface area contributed by atoms with E-state index in [9.17, 15) is 0 Å². The van der Waals surface area contributed by atoms with Crippen LogP contribution in [0, 0.1) is 0 Å². The summed E-state index contributed by atoms with van der Waals surface area (Å²) in [6.45, 7) is 1.02. The van der Waals surface area contributed by atoms with Gasteiger partial charge >= 0.3 is 0 Å². The normalized spacial score (nSPS) is 16.5. The number of nitrogens with one attached hydrogen (secondary N) is 1. The van der Waals surface area contributed by atoms with E-state index in [-0.39, 0.29) is 0 Å². The van der Waals surface area contributed by atoms with Crippen LogP contribution in [0.5, 0.6) is 0 Å². The van der Waals surface area contributed by atoms with Crippen molar-refractivity contribution in [1.82, 2.24) is 10.3 Å². The molecular formula is C15H17ClN2S. The van der Waals surface area contributed by atoms with Gasteiger partial charge in [0.1, 0.15) is 0 Å². The van der Waals surface area contributed by atoms with E-state index < -0.39 is 0 Å². The van der Waals surface area contributed by atoms with Gasteiger partial charge in [-0.2, -0.15) is 0 Å². The first-order chi connectivity index (χ1) is 9.31. The minimum absolute atomic E-state index is 0.472. The molecule has 100 valence electrons. The van der Waals surface area contributed by atoms with Crippen molar-refractivity contribution < 1.29 is 0 Å². The first-order valence-electron chi connectivity index (χ1n) is 6.67. The van der Waals surface area contributed by atoms with Crippen molar-refractivity contribution in [2.45, 2.75) is 31.2 Å². The van der Waals surface area contributed by atoms with Gasteiger partial charge in [-0.15, -0.1) is 11.3 Å². The fourth-order valence-electron chi connectivity index (χ4n) is 2.25. The quantitative estimate of drug-likeness (QED) is 0.874. The Morgan fingerprint density at radius 3 is 3.00 bits per heavy atom. The third kappa shape index (κ3) is 3.78. The van der Waals surface area contributed by atoms with Gasteiger partial charge in [0.2, 0.25) is 0 Å². The largest absolute Gasteiger partial charge is 0.313 e. The molecule has 0 aliphatic heterocycles. The topological polar surface area (TPSA) is 24.9 Å². The smallest absolute Gasteiger partial charge is 0.0794 e. The van der Waals surface area contributed by atoms with E-state index in [2.05, 4.69) is 22.4 Å². The van der Waals surface area contributed by atoms with E-state index in [0.29, 0.717) is 5.92 Å². The Bertz CT molecular complexity index is 523. The molecule has 1 aromatic heterocycles. The van der Waals surface area contributed by atoms with Crippen LogP contribution in [0.2, 0.25) is 5.02 Å². The molecule has 2 aromatic rings. The molecule has 2 nitrogen and oxygen atoms in total. The number of halogens is 1. The SMILES string of the molecule is Clc1cccc(C(CNC2CC2)Cc2cncs2)c1. The molecule has 1 aromatic carbocycles. The molecule has 4 heteroatoms. The first kappa shape index (κ1) is 13.1. The lowest BCUT2D eigenvalue weighted by Crippen LogP contribution is -2.24. The summed E-state index contributed by atoms with van der Waals surface area (Å²) in [5, 5.41) is 4.45. The summed E-state index contributed by atoms with van der Waals surface area (Å²) in [5.41, 5.74) is 3.22. The fourth-order valence-corrected chi connectivity index (χ4v) is 3.13. The Morgan fingerprint density at radius 1 is 1.42 bits per heavy atom. The second kappa shape index (κ2) is 6.04. The molecule has 1 unspecified atom stereocenters. The molecule has 1 saturated carbocycles. The molecule has 1 aliphatic carbocycles. The van der Waals surface area contributed by atoms with Gasteiger partial charge in [-0.25, -0.2) is 0 Å². The second-order valence-corrected chi connectivity index (χ2v) is 6.51. The molecule has 19 heavy (non-hydrogen) atoms. The van der Waals surface area contributed by atoms with Crippen molar-refractivity contribution in [3.8, 4) is 0 Å². The molecule has 1 aliphatic rings. The van der Waals surface area contributed by atoms with E-state index in [1.54, 1.807) is 11.3 Å². The van der Waals surface area contributed by atoms with E-state index >= 15 is 0 Å². The molecule has 0 amide bonds. The molecule has 3 rings (SSSR count). The molecular weight excluding hydrogens is 276 g/mol. The van der Waals surface area contributed by atoms with Gasteiger partial charge in [-0.3, -0.25) is 4.98 Å². The summed E-state index contributed by atoms with van der Waals surface area (Å²) < 4.78 is 0. The number of thiazole rings is 1. The average molecular weight is 293 g/mol. The van der Waals surface area contributed by atoms with Crippen molar-refractivity contribution in [1.29, 1.82) is 0 Å². The molecule has 0 spiro atoms. The van der Waals surface area contributed by atoms with Crippen molar-refractivity contribution in [3.05, 3.63) is 51.4 Å². The third-order valence-corrected chi connectivity index (χ3v) is 4.52. The minimum Gasteiger partial charge on any atom is -0.313 e. The van der Waals surface area contributed by atoms with Crippen LogP contribution in [-0.4, -0.2) is 17.6 Å². The van der Waals surface area contributed by atoms with Crippen LogP contribution in [0.4, 0.5) is 0 Å². The zero-order chi connectivity index (χ0) is 13.1. The van der Waals surface area contributed by atoms with E-state index in [1.165, 1.54) is 23.3 Å². The molecule has 1 atom stereocenters. The predicted molar refractivity (Wildman–Crippen MR) is 81.0 cm³/mol. The highest BCUT2D eigenvalue weighted by Crippen LogP contribution is 2.26. The summed E-state index contributed by atoms with van der Waals surface area (Å²) >= 11 is 7.84. The maximum absolute atomic E-state index is 6.12. The van der Waals surface area contributed by atoms with E-state index in [4.69, 9.17) is 11.6 Å². The maximum Gasteiger partial charge on any atom is 0.0794 e. The Morgan fingerprint density at radius 2 is 2.32 bits per heavy atom. The lowest BCUT2D eigenvalue weighted by Gasteiger charge is -2.17. The van der Waals surface area contributed by atoms with Gasteiger partial charge < -0.3 is 5.32 Å². The zero-order valence-electron chi connectivity index (χ0n) is 10.7. The highest BCUT2D eigenvalue weighted by Gasteiger charge is 2.23. The monoisotopic (exact) mass is 292 g/mol. The van der Waals surface area contributed by atoms with Crippen LogP contribution in [-0.2, 0) is 6.42 Å². The summed E-state index contributed by atoms with van der Waals surface area (Å²) in [4.78, 5) is 5.50. The number of aromatic nitrogens is 1. The highest BCUT2D eigenvalue weighted by molar-refractivity contribution is 7.09. The molecule has 0 radical (unpaired) electrons. The average Bonchev–Trinajstić information content (AvgIpc) is 3.10. The molecule has 1 heterocycles. The molecule has 1 N–H and O–H groups in total. The Kier molecular flexibility index (Phi) is 4.16. The van der Waals surface area contributed by atoms with Crippen LogP contribution in [0.1, 0.15) is 29.2 Å². The Hall–Kier alpha value is -0.900. The van der Waals surface area contributed by atoms with E-state index in [1.807, 2.05) is 23.8 Å². The second-order valence-electron chi connectivity index (χ2n) is 5.11. The van der Waals surface area contributed by atoms with Crippen molar-refractivity contribution in [2.75, 3.05) is 6.54 Å². The standard InChI is InChI=1S/C15H17ClN2S/c16-13-3-1-2-11(6-13)12(8-18-14-4-5-14)7-15-9-17-10-19-15/h1-3,6,9-10,12,14,18H,4-5,7-8H2. The minimum atomic E-state index is 0.472. The van der Waals surface area contributed by atoms with E-state index in [0.717, 1.165) is 24.0 Å². The van der Waals surface area contributed by atoms with Gasteiger partial charge in [0.05, 0.1) is 5.51 Å². The predicted octanol–water partition coefficient (Wildman–Crippen LogP) is 3.87. The summed E-state index contributed by atoms with van der Waals surface area (Å²) in [5.74, 6) is 0.472. The fraction of sp³-hybridized carbons (Fsp3) is 0.400. The zero-order valence-corrected chi connectivity index (χ0v) is 12.3. The Labute approximate surface area is 122 Å². The highest BCUT2D eigenvalue weighted by atomic mass is 35.5. The van der Waals surface area contributed by atoms with Crippen LogP contribution < -0.4 is 5.32 Å². The van der Waals surface area contributed by atoms with Crippen LogP contribution in [0.3, 0.4) is 0 Å². The van der Waals surface area contributed by atoms with Gasteiger partial charge in [-0.05, 0) is 37.0 Å². The van der Waals surface area contributed by atoms with Crippen LogP contribution in [0.25, 0.3) is 0 Å². The van der Waals surface area contributed by atoms with Gasteiger partial charge in [0.15, 0.2) is 0 Å². The summed E-state index contributed by atoms with van der Waals surface area (Å²) in [6.07, 6.45) is 5.65. The van der Waals surface area contributed by atoms with Crippen molar-refractivity contribution in [3.63, 3.8) is 0 Å². The van der Waals surface area contributed by atoms with Gasteiger partial charge in [0, 0.05) is 34.6 Å². The molecule has 0 bridgehead atoms. The first-order valence-corrected chi connectivity index (χ1v) is 7.93. The molecule has 0 saturated heterocycles. The lowest BCUT2D eigenvalue weighted by molar-refractivity contribution is 0.579. The summed E-state index contributed by atoms with van der Waals surface area (Å²) in [6, 6.07) is 8.97. The third-order valence-electron chi connectivity index (χ3n) is 3.48. The lowest BCUT2D eigenvalue weighted by atomic mass is 9.95. The number of rotatable bonds is 6. The number of hydrogen-bond donors (Lipinski definition) is 1. The van der Waals surface area contributed by atoms with Crippen molar-refractivity contribution in [2.24, 2.45) is 0 Å². The Balaban J connectivity index is 1.73. The van der Waals surface area contributed by atoms with Crippen LogP contribution in [0.15, 0.2) is 36.0 Å². The number of hydrogen-bond acceptors (Lipinski definition) is 3. The maximum atomic E-state index is 6.12. The van der Waals surface area contributed by atoms with Gasteiger partial charge in [0.25, 0.3) is 0 Å². The van der Waals surface area contributed by atoms with Crippen LogP contribution >= 0.6 is 22.9 Å². The van der Waals surface area contributed by atoms with Gasteiger partial charge in [-0.1, -0.05) is 23.7 Å². The summed E-state index contributed by atoms with van der Waals surface area (Å²) in [7, 11) is 0. The number of nitrogens with zero attached hydrogens (tertiary/aromatic N) is 1. The number of benzene rings is 1. The molecule has 1 fully saturated rings.